The van der Waals surface area contributed by atoms with Crippen LogP contribution in [0.5, 0.6) is 0 Å². The summed E-state index contributed by atoms with van der Waals surface area (Å²) in [5.74, 6) is 0. The maximum absolute atomic E-state index is 5.61. The number of hydrogen-bond acceptors (Lipinski definition) is 3. The van der Waals surface area contributed by atoms with Gasteiger partial charge in [-0.15, -0.1) is 0 Å². The molecule has 20 heavy (non-hydrogen) atoms. The van der Waals surface area contributed by atoms with Crippen LogP contribution in [0, 0.1) is 6.92 Å². The number of hydrogen-bond donors (Lipinski definition) is 0. The van der Waals surface area contributed by atoms with Gasteiger partial charge < -0.3 is 4.42 Å². The Labute approximate surface area is 127 Å². The zero-order chi connectivity index (χ0) is 13.8. The van der Waals surface area contributed by atoms with E-state index in [0.29, 0.717) is 0 Å². The second kappa shape index (κ2) is 6.25. The molecule has 0 saturated heterocycles. The Hall–Kier alpha value is -1.58. The summed E-state index contributed by atoms with van der Waals surface area (Å²) < 4.78 is 5.61. The van der Waals surface area contributed by atoms with Crippen molar-refractivity contribution in [2.75, 3.05) is 0 Å². The van der Waals surface area contributed by atoms with E-state index in [9.17, 15) is 0 Å². The molecule has 0 saturated carbocycles. The van der Waals surface area contributed by atoms with Crippen molar-refractivity contribution >= 4 is 23.5 Å². The van der Waals surface area contributed by atoms with E-state index in [4.69, 9.17) is 4.42 Å². The lowest BCUT2D eigenvalue weighted by atomic mass is 10.2. The molecule has 2 aromatic carbocycles. The Morgan fingerprint density at radius 2 is 1.45 bits per heavy atom. The van der Waals surface area contributed by atoms with Crippen molar-refractivity contribution in [3.05, 3.63) is 72.5 Å². The number of benzene rings is 2. The molecule has 0 amide bonds. The molecule has 0 atom stereocenters. The summed E-state index contributed by atoms with van der Waals surface area (Å²) in [7, 11) is 0. The van der Waals surface area contributed by atoms with Gasteiger partial charge in [0.2, 0.25) is 0 Å². The van der Waals surface area contributed by atoms with Crippen LogP contribution < -0.4 is 0 Å². The SMILES string of the molecule is Cc1ccc(Sc2ccoc2Sc2ccccc2)cc1. The van der Waals surface area contributed by atoms with Gasteiger partial charge in [-0.1, -0.05) is 59.4 Å². The molecule has 0 fully saturated rings. The monoisotopic (exact) mass is 298 g/mol. The van der Waals surface area contributed by atoms with Crippen molar-refractivity contribution in [3.63, 3.8) is 0 Å². The molecule has 0 spiro atoms. The Morgan fingerprint density at radius 3 is 2.20 bits per heavy atom. The molecule has 0 radical (unpaired) electrons. The van der Waals surface area contributed by atoms with E-state index in [1.165, 1.54) is 15.4 Å². The Morgan fingerprint density at radius 1 is 0.750 bits per heavy atom. The highest BCUT2D eigenvalue weighted by molar-refractivity contribution is 8.02. The maximum Gasteiger partial charge on any atom is 0.178 e. The Kier molecular flexibility index (Phi) is 4.19. The highest BCUT2D eigenvalue weighted by Gasteiger charge is 2.09. The van der Waals surface area contributed by atoms with E-state index in [1.54, 1.807) is 29.8 Å². The molecule has 3 heteroatoms. The second-order valence-corrected chi connectivity index (χ2v) is 6.56. The van der Waals surface area contributed by atoms with Crippen LogP contribution in [0.1, 0.15) is 5.56 Å². The van der Waals surface area contributed by atoms with Gasteiger partial charge >= 0.3 is 0 Å². The first kappa shape index (κ1) is 13.4. The molecule has 0 aliphatic rings. The fraction of sp³-hybridized carbons (Fsp3) is 0.0588. The van der Waals surface area contributed by atoms with E-state index in [2.05, 4.69) is 43.3 Å². The Balaban J connectivity index is 1.78. The van der Waals surface area contributed by atoms with Crippen molar-refractivity contribution in [2.45, 2.75) is 26.7 Å². The highest BCUT2D eigenvalue weighted by atomic mass is 32.2. The first-order valence-corrected chi connectivity index (χ1v) is 7.99. The molecular weight excluding hydrogens is 284 g/mol. The van der Waals surface area contributed by atoms with Crippen molar-refractivity contribution in [2.24, 2.45) is 0 Å². The minimum Gasteiger partial charge on any atom is -0.457 e. The third-order valence-corrected chi connectivity index (χ3v) is 4.99. The first-order valence-electron chi connectivity index (χ1n) is 6.36. The average molecular weight is 298 g/mol. The first-order chi connectivity index (χ1) is 9.81. The van der Waals surface area contributed by atoms with E-state index in [-0.39, 0.29) is 0 Å². The molecule has 3 rings (SSSR count). The summed E-state index contributed by atoms with van der Waals surface area (Å²) in [6, 6.07) is 20.9. The molecular formula is C17H14OS2. The fourth-order valence-corrected chi connectivity index (χ4v) is 3.57. The summed E-state index contributed by atoms with van der Waals surface area (Å²) >= 11 is 3.39. The molecule has 0 bridgehead atoms. The van der Waals surface area contributed by atoms with Gasteiger partial charge in [-0.05, 0) is 37.3 Å². The second-order valence-electron chi connectivity index (χ2n) is 4.40. The van der Waals surface area contributed by atoms with Crippen LogP contribution in [0.15, 0.2) is 91.1 Å². The third-order valence-electron chi connectivity index (χ3n) is 2.80. The average Bonchev–Trinajstić information content (AvgIpc) is 2.90. The summed E-state index contributed by atoms with van der Waals surface area (Å²) in [6.45, 7) is 2.10. The summed E-state index contributed by atoms with van der Waals surface area (Å²) in [6.07, 6.45) is 1.75. The van der Waals surface area contributed by atoms with Crippen LogP contribution in [0.25, 0.3) is 0 Å². The zero-order valence-corrected chi connectivity index (χ0v) is 12.7. The molecule has 0 unspecified atom stereocenters. The van der Waals surface area contributed by atoms with Gasteiger partial charge in [0.25, 0.3) is 0 Å². The normalized spacial score (nSPS) is 10.7. The number of furan rings is 1. The predicted molar refractivity (Wildman–Crippen MR) is 84.6 cm³/mol. The van der Waals surface area contributed by atoms with Crippen LogP contribution in [0.4, 0.5) is 0 Å². The van der Waals surface area contributed by atoms with Gasteiger partial charge in [-0.2, -0.15) is 0 Å². The highest BCUT2D eigenvalue weighted by Crippen LogP contribution is 2.39. The summed E-state index contributed by atoms with van der Waals surface area (Å²) in [5.41, 5.74) is 1.28. The van der Waals surface area contributed by atoms with Crippen LogP contribution in [0.3, 0.4) is 0 Å². The van der Waals surface area contributed by atoms with Crippen molar-refractivity contribution in [1.29, 1.82) is 0 Å². The minimum absolute atomic E-state index is 0.946. The predicted octanol–water partition coefficient (Wildman–Crippen LogP) is 5.89. The van der Waals surface area contributed by atoms with Gasteiger partial charge in [0.05, 0.1) is 11.2 Å². The summed E-state index contributed by atoms with van der Waals surface area (Å²) in [5, 5.41) is 0.946. The quantitative estimate of drug-likeness (QED) is 0.596. The molecule has 0 aliphatic heterocycles. The van der Waals surface area contributed by atoms with Crippen LogP contribution in [-0.4, -0.2) is 0 Å². The third kappa shape index (κ3) is 3.30. The van der Waals surface area contributed by atoms with E-state index in [1.807, 2.05) is 24.3 Å². The smallest absolute Gasteiger partial charge is 0.178 e. The zero-order valence-electron chi connectivity index (χ0n) is 11.1. The molecule has 0 N–H and O–H groups in total. The number of aryl methyl sites for hydroxylation is 1. The van der Waals surface area contributed by atoms with Gasteiger partial charge in [-0.3, -0.25) is 0 Å². The lowest BCUT2D eigenvalue weighted by molar-refractivity contribution is 0.463. The topological polar surface area (TPSA) is 13.1 Å². The van der Waals surface area contributed by atoms with Gasteiger partial charge in [0.1, 0.15) is 0 Å². The van der Waals surface area contributed by atoms with Crippen molar-refractivity contribution in [3.8, 4) is 0 Å². The lowest BCUT2D eigenvalue weighted by Gasteiger charge is -2.03. The van der Waals surface area contributed by atoms with Crippen LogP contribution >= 0.6 is 23.5 Å². The molecule has 1 aromatic heterocycles. The number of rotatable bonds is 4. The standard InChI is InChI=1S/C17H14OS2/c1-13-7-9-15(10-8-13)19-16-11-12-18-17(16)20-14-5-3-2-4-6-14/h2-12H,1H3. The summed E-state index contributed by atoms with van der Waals surface area (Å²) in [4.78, 5) is 3.57. The van der Waals surface area contributed by atoms with Crippen LogP contribution in [-0.2, 0) is 0 Å². The van der Waals surface area contributed by atoms with Gasteiger partial charge in [0.15, 0.2) is 5.09 Å². The molecule has 100 valence electrons. The fourth-order valence-electron chi connectivity index (χ4n) is 1.76. The van der Waals surface area contributed by atoms with E-state index in [0.717, 1.165) is 9.99 Å². The maximum atomic E-state index is 5.61. The van der Waals surface area contributed by atoms with Crippen LogP contribution in [0.2, 0.25) is 0 Å². The molecule has 1 heterocycles. The largest absolute Gasteiger partial charge is 0.457 e. The van der Waals surface area contributed by atoms with Gasteiger partial charge in [-0.25, -0.2) is 0 Å². The molecule has 3 aromatic rings. The molecule has 1 nitrogen and oxygen atoms in total. The Bertz CT molecular complexity index is 672. The molecule has 0 aliphatic carbocycles. The van der Waals surface area contributed by atoms with Crippen molar-refractivity contribution in [1.82, 2.24) is 0 Å². The van der Waals surface area contributed by atoms with Crippen molar-refractivity contribution < 1.29 is 4.42 Å². The van der Waals surface area contributed by atoms with Gasteiger partial charge in [0, 0.05) is 9.79 Å². The van der Waals surface area contributed by atoms with E-state index >= 15 is 0 Å². The lowest BCUT2D eigenvalue weighted by Crippen LogP contribution is -1.76. The van der Waals surface area contributed by atoms with E-state index < -0.39 is 0 Å². The minimum atomic E-state index is 0.946.